The van der Waals surface area contributed by atoms with Gasteiger partial charge < -0.3 is 4.74 Å². The van der Waals surface area contributed by atoms with Gasteiger partial charge in [0.15, 0.2) is 5.78 Å². The number of hydrogen-bond acceptors (Lipinski definition) is 2. The molecule has 0 atom stereocenters. The fraction of sp³-hybridized carbons (Fsp3) is 0.300. The average molecular weight is 164 g/mol. The summed E-state index contributed by atoms with van der Waals surface area (Å²) < 4.78 is 5.07. The number of Topliss-reactive ketones (excluding diaryl/α,β-unsaturated/α-hetero) is 1. The monoisotopic (exact) mass is 164 g/mol. The predicted molar refractivity (Wildman–Crippen MR) is 47.6 cm³/mol. The zero-order valence-electron chi connectivity index (χ0n) is 7.33. The smallest absolute Gasteiger partial charge is 0.163 e. The number of allylic oxidation sites excluding steroid dienone is 5. The lowest BCUT2D eigenvalue weighted by atomic mass is 10.1. The molecule has 0 heterocycles. The highest BCUT2D eigenvalue weighted by Gasteiger charge is 2.10. The van der Waals surface area contributed by atoms with E-state index >= 15 is 0 Å². The molecule has 0 unspecified atom stereocenters. The minimum Gasteiger partial charge on any atom is -0.496 e. The lowest BCUT2D eigenvalue weighted by molar-refractivity contribution is -0.113. The van der Waals surface area contributed by atoms with Gasteiger partial charge in [-0.2, -0.15) is 0 Å². The van der Waals surface area contributed by atoms with Crippen LogP contribution in [0.25, 0.3) is 0 Å². The van der Waals surface area contributed by atoms with Gasteiger partial charge in [0.25, 0.3) is 0 Å². The van der Waals surface area contributed by atoms with E-state index in [1.807, 2.05) is 18.2 Å². The second-order valence-electron chi connectivity index (χ2n) is 2.57. The molecule has 0 spiro atoms. The fourth-order valence-corrected chi connectivity index (χ4v) is 1.11. The van der Waals surface area contributed by atoms with Crippen LogP contribution in [-0.4, -0.2) is 12.9 Å². The van der Waals surface area contributed by atoms with Crippen LogP contribution in [0.2, 0.25) is 0 Å². The van der Waals surface area contributed by atoms with E-state index in [0.29, 0.717) is 11.3 Å². The lowest BCUT2D eigenvalue weighted by Crippen LogP contribution is -2.01. The van der Waals surface area contributed by atoms with Gasteiger partial charge >= 0.3 is 0 Å². The Hall–Kier alpha value is -1.31. The number of methoxy groups -OCH3 is 1. The second kappa shape index (κ2) is 3.90. The summed E-state index contributed by atoms with van der Waals surface area (Å²) in [5.41, 5.74) is 0.669. The molecule has 0 radical (unpaired) electrons. The molecule has 0 aliphatic heterocycles. The minimum absolute atomic E-state index is 0.0480. The first-order valence-corrected chi connectivity index (χ1v) is 3.88. The highest BCUT2D eigenvalue weighted by atomic mass is 16.5. The van der Waals surface area contributed by atoms with Crippen molar-refractivity contribution in [3.8, 4) is 0 Å². The molecule has 0 saturated carbocycles. The van der Waals surface area contributed by atoms with Crippen molar-refractivity contribution >= 4 is 5.78 Å². The lowest BCUT2D eigenvalue weighted by Gasteiger charge is -2.05. The minimum atomic E-state index is 0.0480. The van der Waals surface area contributed by atoms with Gasteiger partial charge in [-0.3, -0.25) is 4.79 Å². The van der Waals surface area contributed by atoms with Crippen LogP contribution in [0.15, 0.2) is 35.6 Å². The molecule has 2 nitrogen and oxygen atoms in total. The van der Waals surface area contributed by atoms with E-state index < -0.39 is 0 Å². The number of hydrogen-bond donors (Lipinski definition) is 0. The summed E-state index contributed by atoms with van der Waals surface area (Å²) in [6.07, 6.45) is 8.35. The van der Waals surface area contributed by atoms with Crippen molar-refractivity contribution < 1.29 is 9.53 Å². The first-order chi connectivity index (χ1) is 5.75. The molecular weight excluding hydrogens is 152 g/mol. The Balaban J connectivity index is 2.97. The Bertz CT molecular complexity index is 270. The molecule has 1 aliphatic carbocycles. The van der Waals surface area contributed by atoms with Gasteiger partial charge in [0, 0.05) is 0 Å². The van der Waals surface area contributed by atoms with Crippen LogP contribution in [-0.2, 0) is 9.53 Å². The second-order valence-corrected chi connectivity index (χ2v) is 2.57. The summed E-state index contributed by atoms with van der Waals surface area (Å²) >= 11 is 0. The van der Waals surface area contributed by atoms with Crippen LogP contribution in [0.5, 0.6) is 0 Å². The third kappa shape index (κ3) is 1.84. The first-order valence-electron chi connectivity index (χ1n) is 3.88. The Morgan fingerprint density at radius 1 is 1.58 bits per heavy atom. The van der Waals surface area contributed by atoms with Crippen molar-refractivity contribution in [3.63, 3.8) is 0 Å². The average Bonchev–Trinajstić information content (AvgIpc) is 2.27. The Kier molecular flexibility index (Phi) is 2.86. The molecule has 0 fully saturated rings. The molecule has 0 saturated heterocycles. The third-order valence-electron chi connectivity index (χ3n) is 1.71. The van der Waals surface area contributed by atoms with Crippen LogP contribution in [0.3, 0.4) is 0 Å². The van der Waals surface area contributed by atoms with Crippen LogP contribution in [0.1, 0.15) is 13.3 Å². The van der Waals surface area contributed by atoms with E-state index in [-0.39, 0.29) is 5.78 Å². The van der Waals surface area contributed by atoms with E-state index in [1.165, 1.54) is 0 Å². The number of ether oxygens (including phenoxy) is 1. The van der Waals surface area contributed by atoms with Gasteiger partial charge in [0.2, 0.25) is 0 Å². The van der Waals surface area contributed by atoms with Gasteiger partial charge in [-0.25, -0.2) is 0 Å². The van der Waals surface area contributed by atoms with Crippen molar-refractivity contribution in [3.05, 3.63) is 35.6 Å². The number of carbonyl (C=O) groups is 1. The maximum Gasteiger partial charge on any atom is 0.163 e. The Labute approximate surface area is 72.2 Å². The van der Waals surface area contributed by atoms with Crippen molar-refractivity contribution in [2.45, 2.75) is 13.3 Å². The van der Waals surface area contributed by atoms with Crippen LogP contribution in [0, 0.1) is 0 Å². The van der Waals surface area contributed by atoms with Crippen molar-refractivity contribution in [1.82, 2.24) is 0 Å². The van der Waals surface area contributed by atoms with Gasteiger partial charge in [0.1, 0.15) is 5.76 Å². The number of carbonyl (C=O) groups excluding carboxylic acids is 1. The van der Waals surface area contributed by atoms with E-state index in [2.05, 4.69) is 0 Å². The molecule has 0 aromatic heterocycles. The molecule has 12 heavy (non-hydrogen) atoms. The molecule has 0 aromatic rings. The molecule has 1 aliphatic rings. The van der Waals surface area contributed by atoms with Gasteiger partial charge in [0.05, 0.1) is 12.7 Å². The number of rotatable bonds is 2. The Morgan fingerprint density at radius 3 is 2.92 bits per heavy atom. The van der Waals surface area contributed by atoms with Crippen LogP contribution < -0.4 is 0 Å². The third-order valence-corrected chi connectivity index (χ3v) is 1.71. The molecule has 0 bridgehead atoms. The van der Waals surface area contributed by atoms with Crippen LogP contribution in [0.4, 0.5) is 0 Å². The topological polar surface area (TPSA) is 26.3 Å². The van der Waals surface area contributed by atoms with Gasteiger partial charge in [-0.15, -0.1) is 0 Å². The number of ketones is 1. The van der Waals surface area contributed by atoms with E-state index in [4.69, 9.17) is 4.74 Å². The standard InChI is InChI=1S/C10H12O2/c1-8(11)9-6-4-3-5-7-10(9)12-2/h3,5-7H,4H2,1-2H3. The normalized spacial score (nSPS) is 16.2. The zero-order valence-corrected chi connectivity index (χ0v) is 7.33. The van der Waals surface area contributed by atoms with Crippen molar-refractivity contribution in [2.75, 3.05) is 7.11 Å². The van der Waals surface area contributed by atoms with Crippen molar-refractivity contribution in [2.24, 2.45) is 0 Å². The SMILES string of the molecule is COC1=CC=CCC=C1C(C)=O. The molecule has 64 valence electrons. The van der Waals surface area contributed by atoms with Crippen LogP contribution >= 0.6 is 0 Å². The fourth-order valence-electron chi connectivity index (χ4n) is 1.11. The zero-order chi connectivity index (χ0) is 8.97. The van der Waals surface area contributed by atoms with Crippen molar-refractivity contribution in [1.29, 1.82) is 0 Å². The molecule has 0 amide bonds. The van der Waals surface area contributed by atoms with E-state index in [9.17, 15) is 4.79 Å². The van der Waals surface area contributed by atoms with E-state index in [0.717, 1.165) is 6.42 Å². The van der Waals surface area contributed by atoms with Gasteiger partial charge in [-0.05, 0) is 19.4 Å². The molecule has 0 aromatic carbocycles. The molecule has 0 N–H and O–H groups in total. The Morgan fingerprint density at radius 2 is 2.33 bits per heavy atom. The quantitative estimate of drug-likeness (QED) is 0.624. The summed E-state index contributed by atoms with van der Waals surface area (Å²) in [5.74, 6) is 0.697. The summed E-state index contributed by atoms with van der Waals surface area (Å²) in [5, 5.41) is 0. The van der Waals surface area contributed by atoms with Gasteiger partial charge in [-0.1, -0.05) is 18.2 Å². The molecule has 1 rings (SSSR count). The predicted octanol–water partition coefficient (Wildman–Crippen LogP) is 1.99. The highest BCUT2D eigenvalue weighted by molar-refractivity contribution is 5.97. The summed E-state index contributed by atoms with van der Waals surface area (Å²) in [6, 6.07) is 0. The summed E-state index contributed by atoms with van der Waals surface area (Å²) in [4.78, 5) is 11.1. The largest absolute Gasteiger partial charge is 0.496 e. The maximum absolute atomic E-state index is 11.1. The maximum atomic E-state index is 11.1. The summed E-state index contributed by atoms with van der Waals surface area (Å²) in [7, 11) is 1.57. The highest BCUT2D eigenvalue weighted by Crippen LogP contribution is 2.15. The molecular formula is C10H12O2. The first kappa shape index (κ1) is 8.78. The summed E-state index contributed by atoms with van der Waals surface area (Å²) in [6.45, 7) is 1.55. The van der Waals surface area contributed by atoms with E-state index in [1.54, 1.807) is 20.1 Å². The molecule has 2 heteroatoms.